The summed E-state index contributed by atoms with van der Waals surface area (Å²) in [5, 5.41) is 2.77. The van der Waals surface area contributed by atoms with E-state index in [1.807, 2.05) is 13.8 Å². The summed E-state index contributed by atoms with van der Waals surface area (Å²) in [5.74, 6) is -0.772. The van der Waals surface area contributed by atoms with Gasteiger partial charge < -0.3 is 9.88 Å². The van der Waals surface area contributed by atoms with Crippen molar-refractivity contribution < 1.29 is 17.6 Å². The van der Waals surface area contributed by atoms with Gasteiger partial charge in [0, 0.05) is 29.7 Å². The predicted molar refractivity (Wildman–Crippen MR) is 108 cm³/mol. The number of nitrogens with zero attached hydrogens (tertiary/aromatic N) is 2. The highest BCUT2D eigenvalue weighted by atomic mass is 32.2. The van der Waals surface area contributed by atoms with E-state index in [2.05, 4.69) is 10.3 Å². The van der Waals surface area contributed by atoms with E-state index in [1.54, 1.807) is 30.5 Å². The average Bonchev–Trinajstić information content (AvgIpc) is 2.93. The lowest BCUT2D eigenvalue weighted by Gasteiger charge is -2.17. The molecule has 0 atom stereocenters. The summed E-state index contributed by atoms with van der Waals surface area (Å²) < 4.78 is 41.9. The molecule has 152 valence electrons. The number of carbonyl (C=O) groups excluding carboxylic acids is 1. The van der Waals surface area contributed by atoms with Gasteiger partial charge in [0.15, 0.2) is 0 Å². The number of aromatic nitrogens is 2. The van der Waals surface area contributed by atoms with Gasteiger partial charge in [-0.2, -0.15) is 0 Å². The molecule has 6 nitrogen and oxygen atoms in total. The Kier molecular flexibility index (Phi) is 5.57. The SMILES string of the molecule is Cc1c(S(=O)(=O)c2ccc(F)cc2)c(NC(=O)c2ccncc2)n(C(C)C)c1C. The summed E-state index contributed by atoms with van der Waals surface area (Å²) in [6.07, 6.45) is 2.98. The van der Waals surface area contributed by atoms with Crippen molar-refractivity contribution in [1.82, 2.24) is 9.55 Å². The van der Waals surface area contributed by atoms with Crippen LogP contribution in [0.2, 0.25) is 0 Å². The Bertz CT molecular complexity index is 1150. The molecule has 8 heteroatoms. The van der Waals surface area contributed by atoms with Gasteiger partial charge in [-0.1, -0.05) is 0 Å². The fourth-order valence-corrected chi connectivity index (χ4v) is 4.99. The maximum Gasteiger partial charge on any atom is 0.256 e. The topological polar surface area (TPSA) is 81.1 Å². The zero-order chi connectivity index (χ0) is 21.3. The molecule has 29 heavy (non-hydrogen) atoms. The van der Waals surface area contributed by atoms with Crippen LogP contribution in [-0.4, -0.2) is 23.9 Å². The first-order valence-corrected chi connectivity index (χ1v) is 10.6. The number of pyridine rings is 1. The van der Waals surface area contributed by atoms with Gasteiger partial charge in [-0.25, -0.2) is 12.8 Å². The van der Waals surface area contributed by atoms with E-state index in [4.69, 9.17) is 0 Å². The number of nitrogens with one attached hydrogen (secondary N) is 1. The smallest absolute Gasteiger partial charge is 0.256 e. The van der Waals surface area contributed by atoms with Gasteiger partial charge in [-0.05, 0) is 69.7 Å². The first-order chi connectivity index (χ1) is 13.6. The highest BCUT2D eigenvalue weighted by Gasteiger charge is 2.31. The van der Waals surface area contributed by atoms with Gasteiger partial charge in [-0.3, -0.25) is 9.78 Å². The van der Waals surface area contributed by atoms with Crippen LogP contribution in [0, 0.1) is 19.7 Å². The molecule has 0 aliphatic carbocycles. The van der Waals surface area contributed by atoms with Crippen molar-refractivity contribution in [2.75, 3.05) is 5.32 Å². The van der Waals surface area contributed by atoms with Crippen LogP contribution in [0.25, 0.3) is 0 Å². The minimum Gasteiger partial charge on any atom is -0.328 e. The average molecular weight is 415 g/mol. The number of carbonyl (C=O) groups is 1. The number of anilines is 1. The van der Waals surface area contributed by atoms with Crippen LogP contribution in [0.1, 0.15) is 41.5 Å². The molecule has 0 saturated carbocycles. The molecule has 0 radical (unpaired) electrons. The second kappa shape index (κ2) is 7.79. The standard InChI is InChI=1S/C21H22FN3O3S/c1-13(2)25-15(4)14(3)19(29(27,28)18-7-5-17(22)6-8-18)20(25)24-21(26)16-9-11-23-12-10-16/h5-13H,1-4H3,(H,24,26). The van der Waals surface area contributed by atoms with Crippen LogP contribution in [0.15, 0.2) is 58.6 Å². The van der Waals surface area contributed by atoms with Crippen molar-refractivity contribution in [3.05, 3.63) is 71.4 Å². The lowest BCUT2D eigenvalue weighted by atomic mass is 10.2. The molecule has 2 heterocycles. The molecule has 1 amide bonds. The zero-order valence-electron chi connectivity index (χ0n) is 16.6. The van der Waals surface area contributed by atoms with Crippen molar-refractivity contribution in [3.63, 3.8) is 0 Å². The van der Waals surface area contributed by atoms with Crippen LogP contribution in [0.4, 0.5) is 10.2 Å². The second-order valence-electron chi connectivity index (χ2n) is 7.00. The third kappa shape index (κ3) is 3.80. The van der Waals surface area contributed by atoms with E-state index in [1.165, 1.54) is 24.5 Å². The minimum absolute atomic E-state index is 0.0118. The summed E-state index contributed by atoms with van der Waals surface area (Å²) in [5.41, 5.74) is 1.62. The normalized spacial score (nSPS) is 11.7. The number of rotatable bonds is 5. The predicted octanol–water partition coefficient (Wildman–Crippen LogP) is 4.31. The van der Waals surface area contributed by atoms with Gasteiger partial charge in [0.25, 0.3) is 5.91 Å². The van der Waals surface area contributed by atoms with Gasteiger partial charge in [0.2, 0.25) is 9.84 Å². The molecule has 3 rings (SSSR count). The van der Waals surface area contributed by atoms with E-state index in [9.17, 15) is 17.6 Å². The lowest BCUT2D eigenvalue weighted by molar-refractivity contribution is 0.102. The molecule has 0 saturated heterocycles. The Hall–Kier alpha value is -3.00. The highest BCUT2D eigenvalue weighted by molar-refractivity contribution is 7.91. The fraction of sp³-hybridized carbons (Fsp3) is 0.238. The third-order valence-electron chi connectivity index (χ3n) is 4.78. The Morgan fingerprint density at radius 2 is 1.66 bits per heavy atom. The largest absolute Gasteiger partial charge is 0.328 e. The number of hydrogen-bond acceptors (Lipinski definition) is 4. The van der Waals surface area contributed by atoms with Gasteiger partial charge in [-0.15, -0.1) is 0 Å². The molecular formula is C21H22FN3O3S. The van der Waals surface area contributed by atoms with E-state index in [0.29, 0.717) is 11.1 Å². The van der Waals surface area contributed by atoms with Gasteiger partial charge >= 0.3 is 0 Å². The Morgan fingerprint density at radius 1 is 1.07 bits per heavy atom. The molecule has 0 unspecified atom stereocenters. The second-order valence-corrected chi connectivity index (χ2v) is 8.89. The first kappa shape index (κ1) is 20.7. The van der Waals surface area contributed by atoms with Crippen molar-refractivity contribution in [1.29, 1.82) is 0 Å². The molecule has 2 aromatic heterocycles. The molecule has 0 aliphatic rings. The van der Waals surface area contributed by atoms with E-state index in [0.717, 1.165) is 17.8 Å². The molecule has 3 aromatic rings. The zero-order valence-corrected chi connectivity index (χ0v) is 17.4. The van der Waals surface area contributed by atoms with Crippen LogP contribution < -0.4 is 5.32 Å². The van der Waals surface area contributed by atoms with Crippen molar-refractivity contribution in [3.8, 4) is 0 Å². The molecule has 0 fully saturated rings. The van der Waals surface area contributed by atoms with Crippen LogP contribution >= 0.6 is 0 Å². The van der Waals surface area contributed by atoms with Crippen LogP contribution in [-0.2, 0) is 9.84 Å². The highest BCUT2D eigenvalue weighted by Crippen LogP contribution is 2.37. The lowest BCUT2D eigenvalue weighted by Crippen LogP contribution is -2.19. The summed E-state index contributed by atoms with van der Waals surface area (Å²) in [6.45, 7) is 7.32. The quantitative estimate of drug-likeness (QED) is 0.630. The Labute approximate surface area is 169 Å². The molecule has 0 spiro atoms. The number of halogens is 1. The maximum absolute atomic E-state index is 13.4. The monoisotopic (exact) mass is 415 g/mol. The number of sulfone groups is 1. The number of hydrogen-bond donors (Lipinski definition) is 1. The number of amides is 1. The fourth-order valence-electron chi connectivity index (χ4n) is 3.31. The van der Waals surface area contributed by atoms with E-state index < -0.39 is 21.6 Å². The van der Waals surface area contributed by atoms with E-state index in [-0.39, 0.29) is 21.7 Å². The van der Waals surface area contributed by atoms with Gasteiger partial charge in [0.1, 0.15) is 16.5 Å². The van der Waals surface area contributed by atoms with Crippen LogP contribution in [0.3, 0.4) is 0 Å². The summed E-state index contributed by atoms with van der Waals surface area (Å²) in [7, 11) is -3.99. The molecule has 0 bridgehead atoms. The molecule has 1 aromatic carbocycles. The first-order valence-electron chi connectivity index (χ1n) is 9.08. The molecule has 0 aliphatic heterocycles. The van der Waals surface area contributed by atoms with Crippen molar-refractivity contribution >= 4 is 21.6 Å². The summed E-state index contributed by atoms with van der Waals surface area (Å²) in [4.78, 5) is 16.6. The number of benzene rings is 1. The third-order valence-corrected chi connectivity index (χ3v) is 6.71. The molecular weight excluding hydrogens is 393 g/mol. The van der Waals surface area contributed by atoms with Crippen LogP contribution in [0.5, 0.6) is 0 Å². The van der Waals surface area contributed by atoms with Crippen molar-refractivity contribution in [2.24, 2.45) is 0 Å². The summed E-state index contributed by atoms with van der Waals surface area (Å²) >= 11 is 0. The Balaban J connectivity index is 2.20. The van der Waals surface area contributed by atoms with E-state index >= 15 is 0 Å². The summed E-state index contributed by atoms with van der Waals surface area (Å²) in [6, 6.07) is 7.64. The molecule has 1 N–H and O–H groups in total. The maximum atomic E-state index is 13.4. The Morgan fingerprint density at radius 3 is 2.21 bits per heavy atom. The van der Waals surface area contributed by atoms with Gasteiger partial charge in [0.05, 0.1) is 4.90 Å². The minimum atomic E-state index is -3.99. The van der Waals surface area contributed by atoms with Crippen molar-refractivity contribution in [2.45, 2.75) is 43.5 Å².